The van der Waals surface area contributed by atoms with E-state index in [0.717, 1.165) is 5.69 Å². The van der Waals surface area contributed by atoms with Crippen molar-refractivity contribution in [1.82, 2.24) is 4.98 Å². The molecule has 1 aromatic heterocycles. The molecule has 5 nitrogen and oxygen atoms in total. The zero-order valence-corrected chi connectivity index (χ0v) is 13.5. The number of hydrogen-bond acceptors (Lipinski definition) is 6. The Morgan fingerprint density at radius 1 is 1.48 bits per heavy atom. The number of hydrogen-bond donors (Lipinski definition) is 2. The first-order valence-corrected chi connectivity index (χ1v) is 7.53. The van der Waals surface area contributed by atoms with Gasteiger partial charge in [0.25, 0.3) is 0 Å². The van der Waals surface area contributed by atoms with Crippen LogP contribution < -0.4 is 15.8 Å². The van der Waals surface area contributed by atoms with Gasteiger partial charge in [0.2, 0.25) is 0 Å². The number of carbonyl (C=O) groups excluding carboxylic acids is 1. The SMILES string of the molecule is COc1ccc(Nc2nc(N)c(C(=O)C(C)C)s2)cc1Cl. The molecule has 3 N–H and O–H groups in total. The maximum absolute atomic E-state index is 12.0. The smallest absolute Gasteiger partial charge is 0.189 e. The number of methoxy groups -OCH3 is 1. The first-order valence-electron chi connectivity index (χ1n) is 6.33. The van der Waals surface area contributed by atoms with Gasteiger partial charge < -0.3 is 15.8 Å². The minimum Gasteiger partial charge on any atom is -0.495 e. The van der Waals surface area contributed by atoms with Crippen molar-refractivity contribution in [2.75, 3.05) is 18.2 Å². The summed E-state index contributed by atoms with van der Waals surface area (Å²) in [4.78, 5) is 16.6. The summed E-state index contributed by atoms with van der Waals surface area (Å²) >= 11 is 7.30. The zero-order chi connectivity index (χ0) is 15.6. The molecule has 0 fully saturated rings. The molecule has 2 rings (SSSR count). The summed E-state index contributed by atoms with van der Waals surface area (Å²) in [5.41, 5.74) is 6.55. The van der Waals surface area contributed by atoms with Gasteiger partial charge >= 0.3 is 0 Å². The number of ketones is 1. The van der Waals surface area contributed by atoms with E-state index in [-0.39, 0.29) is 17.5 Å². The van der Waals surface area contributed by atoms with Gasteiger partial charge in [-0.3, -0.25) is 4.79 Å². The third kappa shape index (κ3) is 3.46. The number of benzene rings is 1. The molecular formula is C14H16ClN3O2S. The van der Waals surface area contributed by atoms with Crippen LogP contribution >= 0.6 is 22.9 Å². The van der Waals surface area contributed by atoms with E-state index in [2.05, 4.69) is 10.3 Å². The Morgan fingerprint density at radius 3 is 2.76 bits per heavy atom. The molecule has 2 aromatic rings. The number of nitrogens with two attached hydrogens (primary N) is 1. The highest BCUT2D eigenvalue weighted by molar-refractivity contribution is 7.18. The van der Waals surface area contributed by atoms with Crippen molar-refractivity contribution >= 4 is 45.4 Å². The lowest BCUT2D eigenvalue weighted by molar-refractivity contribution is 0.0944. The minimum absolute atomic E-state index is 0.00851. The second kappa shape index (κ2) is 6.32. The van der Waals surface area contributed by atoms with Crippen molar-refractivity contribution in [2.45, 2.75) is 13.8 Å². The second-order valence-electron chi connectivity index (χ2n) is 4.73. The van der Waals surface area contributed by atoms with Crippen LogP contribution in [0.1, 0.15) is 23.5 Å². The van der Waals surface area contributed by atoms with Crippen molar-refractivity contribution in [3.63, 3.8) is 0 Å². The Hall–Kier alpha value is -1.79. The molecule has 21 heavy (non-hydrogen) atoms. The van der Waals surface area contributed by atoms with Crippen molar-refractivity contribution in [2.24, 2.45) is 5.92 Å². The standard InChI is InChI=1S/C14H16ClN3O2S/c1-7(2)11(19)12-13(16)18-14(21-12)17-8-4-5-10(20-3)9(15)6-8/h4-7H,16H2,1-3H3,(H,17,18). The van der Waals surface area contributed by atoms with Crippen LogP contribution in [-0.2, 0) is 0 Å². The first-order chi connectivity index (χ1) is 9.92. The van der Waals surface area contributed by atoms with Crippen molar-refractivity contribution < 1.29 is 9.53 Å². The normalized spacial score (nSPS) is 10.7. The van der Waals surface area contributed by atoms with Crippen LogP contribution in [-0.4, -0.2) is 17.9 Å². The highest BCUT2D eigenvalue weighted by Gasteiger charge is 2.19. The van der Waals surface area contributed by atoms with Crippen LogP contribution in [0.15, 0.2) is 18.2 Å². The molecule has 0 aliphatic carbocycles. The molecule has 1 heterocycles. The predicted octanol–water partition coefficient (Wildman–Crippen LogP) is 3.97. The number of ether oxygens (including phenoxy) is 1. The summed E-state index contributed by atoms with van der Waals surface area (Å²) in [5, 5.41) is 4.13. The zero-order valence-electron chi connectivity index (χ0n) is 11.9. The molecule has 0 atom stereocenters. The molecule has 0 unspecified atom stereocenters. The molecule has 0 radical (unpaired) electrons. The highest BCUT2D eigenvalue weighted by Crippen LogP contribution is 2.32. The van der Waals surface area contributed by atoms with Gasteiger partial charge in [-0.15, -0.1) is 0 Å². The van der Waals surface area contributed by atoms with Gasteiger partial charge in [0.15, 0.2) is 10.9 Å². The minimum atomic E-state index is -0.115. The maximum atomic E-state index is 12.0. The molecule has 1 aromatic carbocycles. The van der Waals surface area contributed by atoms with E-state index >= 15 is 0 Å². The van der Waals surface area contributed by atoms with Crippen molar-refractivity contribution in [3.05, 3.63) is 28.1 Å². The fraction of sp³-hybridized carbons (Fsp3) is 0.286. The molecule has 0 aliphatic heterocycles. The Kier molecular flexibility index (Phi) is 4.69. The fourth-order valence-corrected chi connectivity index (χ4v) is 2.94. The van der Waals surface area contributed by atoms with Crippen LogP contribution in [0.5, 0.6) is 5.75 Å². The van der Waals surface area contributed by atoms with Gasteiger partial charge in [0, 0.05) is 11.6 Å². The van der Waals surface area contributed by atoms with Gasteiger partial charge in [-0.2, -0.15) is 0 Å². The summed E-state index contributed by atoms with van der Waals surface area (Å²) in [6.07, 6.45) is 0. The number of aromatic nitrogens is 1. The van der Waals surface area contributed by atoms with Gasteiger partial charge in [-0.25, -0.2) is 4.98 Å². The number of carbonyl (C=O) groups is 1. The molecule has 0 aliphatic rings. The van der Waals surface area contributed by atoms with Crippen LogP contribution in [0.3, 0.4) is 0 Å². The molecule has 0 saturated carbocycles. The lowest BCUT2D eigenvalue weighted by Gasteiger charge is -2.06. The van der Waals surface area contributed by atoms with Crippen molar-refractivity contribution in [1.29, 1.82) is 0 Å². The molecule has 112 valence electrons. The molecule has 0 amide bonds. The van der Waals surface area contributed by atoms with Crippen LogP contribution in [0, 0.1) is 5.92 Å². The molecular weight excluding hydrogens is 310 g/mol. The average molecular weight is 326 g/mol. The highest BCUT2D eigenvalue weighted by atomic mass is 35.5. The van der Waals surface area contributed by atoms with Gasteiger partial charge in [0.1, 0.15) is 16.4 Å². The first kappa shape index (κ1) is 15.6. The lowest BCUT2D eigenvalue weighted by Crippen LogP contribution is -2.07. The lowest BCUT2D eigenvalue weighted by atomic mass is 10.1. The number of nitrogens with zero attached hydrogens (tertiary/aromatic N) is 1. The van der Waals surface area contributed by atoms with E-state index in [4.69, 9.17) is 22.1 Å². The molecule has 0 spiro atoms. The predicted molar refractivity (Wildman–Crippen MR) is 87.0 cm³/mol. The van der Waals surface area contributed by atoms with Gasteiger partial charge in [-0.05, 0) is 18.2 Å². The number of nitrogens with one attached hydrogen (secondary N) is 1. The van der Waals surface area contributed by atoms with Crippen LogP contribution in [0.2, 0.25) is 5.02 Å². The molecule has 0 saturated heterocycles. The van der Waals surface area contributed by atoms with E-state index < -0.39 is 0 Å². The maximum Gasteiger partial charge on any atom is 0.189 e. The molecule has 0 bridgehead atoms. The summed E-state index contributed by atoms with van der Waals surface area (Å²) < 4.78 is 5.09. The van der Waals surface area contributed by atoms with Crippen molar-refractivity contribution in [3.8, 4) is 5.75 Å². The van der Waals surface area contributed by atoms with E-state index in [1.54, 1.807) is 19.2 Å². The van der Waals surface area contributed by atoms with Gasteiger partial charge in [0.05, 0.1) is 12.1 Å². The summed E-state index contributed by atoms with van der Waals surface area (Å²) in [5.74, 6) is 0.721. The van der Waals surface area contributed by atoms with E-state index in [0.29, 0.717) is 20.8 Å². The van der Waals surface area contributed by atoms with Crippen LogP contribution in [0.4, 0.5) is 16.6 Å². The van der Waals surface area contributed by atoms with E-state index in [1.807, 2.05) is 19.9 Å². The number of thiazole rings is 1. The van der Waals surface area contributed by atoms with Crippen LogP contribution in [0.25, 0.3) is 0 Å². The number of anilines is 3. The quantitative estimate of drug-likeness (QED) is 0.813. The fourth-order valence-electron chi connectivity index (χ4n) is 1.69. The second-order valence-corrected chi connectivity index (χ2v) is 6.13. The Bertz CT molecular complexity index is 670. The average Bonchev–Trinajstić information content (AvgIpc) is 2.78. The Balaban J connectivity index is 2.23. The number of halogens is 1. The Labute approximate surface area is 132 Å². The number of nitrogen functional groups attached to an aromatic ring is 1. The van der Waals surface area contributed by atoms with Gasteiger partial charge in [-0.1, -0.05) is 36.8 Å². The topological polar surface area (TPSA) is 77.2 Å². The third-order valence-corrected chi connectivity index (χ3v) is 4.10. The summed E-state index contributed by atoms with van der Waals surface area (Å²) in [6.45, 7) is 3.66. The largest absolute Gasteiger partial charge is 0.495 e. The monoisotopic (exact) mass is 325 g/mol. The molecule has 7 heteroatoms. The summed E-state index contributed by atoms with van der Waals surface area (Å²) in [6, 6.07) is 5.29. The number of rotatable bonds is 5. The third-order valence-electron chi connectivity index (χ3n) is 2.80. The van der Waals surface area contributed by atoms with E-state index in [9.17, 15) is 4.79 Å². The number of Topliss-reactive ketones (excluding diaryl/α,β-unsaturated/α-hetero) is 1. The summed E-state index contributed by atoms with van der Waals surface area (Å²) in [7, 11) is 1.56. The Morgan fingerprint density at radius 2 is 2.19 bits per heavy atom. The van der Waals surface area contributed by atoms with E-state index in [1.165, 1.54) is 11.3 Å².